The quantitative estimate of drug-likeness (QED) is 0.534. The Kier molecular flexibility index (Phi) is 7.41. The third-order valence-electron chi connectivity index (χ3n) is 3.07. The van der Waals surface area contributed by atoms with Crippen molar-refractivity contribution >= 4 is 23.0 Å². The Morgan fingerprint density at radius 3 is 2.74 bits per heavy atom. The van der Waals surface area contributed by atoms with Gasteiger partial charge in [0, 0.05) is 12.7 Å². The van der Waals surface area contributed by atoms with Gasteiger partial charge in [-0.2, -0.15) is 0 Å². The minimum atomic E-state index is 0.396. The van der Waals surface area contributed by atoms with Crippen molar-refractivity contribution in [3.05, 3.63) is 23.9 Å². The predicted molar refractivity (Wildman–Crippen MR) is 86.5 cm³/mol. The van der Waals surface area contributed by atoms with Gasteiger partial charge in [-0.15, -0.1) is 0 Å². The van der Waals surface area contributed by atoms with Gasteiger partial charge in [-0.1, -0.05) is 51.7 Å². The lowest BCUT2D eigenvalue weighted by Crippen LogP contribution is -2.14. The van der Waals surface area contributed by atoms with Gasteiger partial charge in [-0.3, -0.25) is 0 Å². The minimum absolute atomic E-state index is 0.396. The number of nitrogens with two attached hydrogens (primary N) is 1. The van der Waals surface area contributed by atoms with Crippen LogP contribution in [0.1, 0.15) is 51.5 Å². The van der Waals surface area contributed by atoms with E-state index in [1.54, 1.807) is 6.20 Å². The van der Waals surface area contributed by atoms with Crippen LogP contribution in [0.4, 0.5) is 5.82 Å². The molecule has 0 atom stereocenters. The Balaban J connectivity index is 2.21. The van der Waals surface area contributed by atoms with Crippen LogP contribution >= 0.6 is 12.2 Å². The average Bonchev–Trinajstić information content (AvgIpc) is 2.37. The van der Waals surface area contributed by atoms with Crippen LogP contribution in [-0.4, -0.2) is 16.5 Å². The number of pyridine rings is 1. The normalized spacial score (nSPS) is 10.7. The molecule has 4 heteroatoms. The van der Waals surface area contributed by atoms with E-state index >= 15 is 0 Å². The second-order valence-electron chi connectivity index (χ2n) is 5.29. The summed E-state index contributed by atoms with van der Waals surface area (Å²) in [6.45, 7) is 5.48. The zero-order chi connectivity index (χ0) is 14.1. The van der Waals surface area contributed by atoms with E-state index in [-0.39, 0.29) is 0 Å². The van der Waals surface area contributed by atoms with Gasteiger partial charge in [0.2, 0.25) is 0 Å². The van der Waals surface area contributed by atoms with E-state index in [4.69, 9.17) is 18.0 Å². The van der Waals surface area contributed by atoms with Gasteiger partial charge in [0.05, 0.1) is 5.56 Å². The fourth-order valence-electron chi connectivity index (χ4n) is 1.98. The second kappa shape index (κ2) is 8.86. The molecule has 3 N–H and O–H groups in total. The number of aromatic nitrogens is 1. The lowest BCUT2D eigenvalue weighted by Gasteiger charge is -2.09. The summed E-state index contributed by atoms with van der Waals surface area (Å²) in [5.74, 6) is 1.62. The lowest BCUT2D eigenvalue weighted by molar-refractivity contribution is 0.523. The van der Waals surface area contributed by atoms with Crippen LogP contribution in [0.3, 0.4) is 0 Å². The number of thiocarbonyl (C=S) groups is 1. The average molecular weight is 279 g/mol. The summed E-state index contributed by atoms with van der Waals surface area (Å²) in [6, 6.07) is 3.76. The highest BCUT2D eigenvalue weighted by atomic mass is 32.1. The summed E-state index contributed by atoms with van der Waals surface area (Å²) in [7, 11) is 0. The smallest absolute Gasteiger partial charge is 0.136 e. The fraction of sp³-hybridized carbons (Fsp3) is 0.600. The van der Waals surface area contributed by atoms with Gasteiger partial charge in [0.25, 0.3) is 0 Å². The van der Waals surface area contributed by atoms with E-state index in [1.165, 1.54) is 25.7 Å². The summed E-state index contributed by atoms with van der Waals surface area (Å²) >= 11 is 5.01. The van der Waals surface area contributed by atoms with Crippen molar-refractivity contribution in [1.82, 2.24) is 4.98 Å². The number of nitrogens with zero attached hydrogens (tertiary/aromatic N) is 1. The number of rotatable bonds is 9. The topological polar surface area (TPSA) is 50.9 Å². The van der Waals surface area contributed by atoms with Crippen molar-refractivity contribution in [2.24, 2.45) is 11.7 Å². The van der Waals surface area contributed by atoms with Crippen molar-refractivity contribution in [2.45, 2.75) is 46.0 Å². The highest BCUT2D eigenvalue weighted by molar-refractivity contribution is 7.80. The summed E-state index contributed by atoms with van der Waals surface area (Å²) in [6.07, 6.45) is 8.15. The molecule has 0 bridgehead atoms. The minimum Gasteiger partial charge on any atom is -0.389 e. The zero-order valence-corrected chi connectivity index (χ0v) is 12.8. The lowest BCUT2D eigenvalue weighted by atomic mass is 10.0. The van der Waals surface area contributed by atoms with Crippen molar-refractivity contribution in [2.75, 3.05) is 11.9 Å². The Hall–Kier alpha value is -1.16. The zero-order valence-electron chi connectivity index (χ0n) is 12.0. The van der Waals surface area contributed by atoms with Gasteiger partial charge in [-0.05, 0) is 24.5 Å². The molecule has 19 heavy (non-hydrogen) atoms. The molecule has 0 unspecified atom stereocenters. The Morgan fingerprint density at radius 2 is 2.05 bits per heavy atom. The van der Waals surface area contributed by atoms with E-state index in [1.807, 2.05) is 12.1 Å². The van der Waals surface area contributed by atoms with Crippen LogP contribution in [0.25, 0.3) is 0 Å². The highest BCUT2D eigenvalue weighted by Gasteiger charge is 2.04. The molecule has 3 nitrogen and oxygen atoms in total. The van der Waals surface area contributed by atoms with E-state index in [2.05, 4.69) is 24.1 Å². The van der Waals surface area contributed by atoms with E-state index in [0.717, 1.165) is 30.3 Å². The SMILES string of the molecule is CC(C)CCCCCCNc1ncccc1C(N)=S. The third-order valence-corrected chi connectivity index (χ3v) is 3.29. The monoisotopic (exact) mass is 279 g/mol. The van der Waals surface area contributed by atoms with Gasteiger partial charge < -0.3 is 11.1 Å². The number of anilines is 1. The van der Waals surface area contributed by atoms with Crippen LogP contribution in [0.15, 0.2) is 18.3 Å². The second-order valence-corrected chi connectivity index (χ2v) is 5.73. The van der Waals surface area contributed by atoms with E-state index < -0.39 is 0 Å². The molecule has 1 aromatic heterocycles. The standard InChI is InChI=1S/C15H25N3S/c1-12(2)8-5-3-4-6-10-17-15-13(14(16)19)9-7-11-18-15/h7,9,11-12H,3-6,8,10H2,1-2H3,(H2,16,19)(H,17,18). The van der Waals surface area contributed by atoms with Crippen molar-refractivity contribution in [1.29, 1.82) is 0 Å². The number of nitrogens with one attached hydrogen (secondary N) is 1. The maximum atomic E-state index is 5.66. The highest BCUT2D eigenvalue weighted by Crippen LogP contribution is 2.12. The molecule has 0 aliphatic heterocycles. The van der Waals surface area contributed by atoms with Crippen LogP contribution in [-0.2, 0) is 0 Å². The summed E-state index contributed by atoms with van der Waals surface area (Å²) < 4.78 is 0. The van der Waals surface area contributed by atoms with Gasteiger partial charge in [0.15, 0.2) is 0 Å². The Morgan fingerprint density at radius 1 is 1.32 bits per heavy atom. The van der Waals surface area contributed by atoms with Crippen molar-refractivity contribution in [3.8, 4) is 0 Å². The first-order valence-corrected chi connectivity index (χ1v) is 7.50. The van der Waals surface area contributed by atoms with Gasteiger partial charge in [0.1, 0.15) is 10.8 Å². The molecule has 0 saturated carbocycles. The van der Waals surface area contributed by atoms with Crippen LogP contribution < -0.4 is 11.1 Å². The van der Waals surface area contributed by atoms with E-state index in [0.29, 0.717) is 4.99 Å². The maximum absolute atomic E-state index is 5.66. The first-order chi connectivity index (χ1) is 9.11. The van der Waals surface area contributed by atoms with Crippen molar-refractivity contribution < 1.29 is 0 Å². The predicted octanol–water partition coefficient (Wildman–Crippen LogP) is 3.73. The molecule has 1 aromatic rings. The summed E-state index contributed by atoms with van der Waals surface area (Å²) in [5.41, 5.74) is 6.50. The molecule has 0 aromatic carbocycles. The molecule has 0 aliphatic carbocycles. The van der Waals surface area contributed by atoms with Crippen LogP contribution in [0.5, 0.6) is 0 Å². The molecular formula is C15H25N3S. The third kappa shape index (κ3) is 6.53. The first kappa shape index (κ1) is 15.9. The van der Waals surface area contributed by atoms with Gasteiger partial charge in [-0.25, -0.2) is 4.98 Å². The molecule has 0 aliphatic rings. The first-order valence-electron chi connectivity index (χ1n) is 7.10. The maximum Gasteiger partial charge on any atom is 0.136 e. The fourth-order valence-corrected chi connectivity index (χ4v) is 2.15. The summed E-state index contributed by atoms with van der Waals surface area (Å²) in [5, 5.41) is 3.32. The number of hydrogen-bond acceptors (Lipinski definition) is 3. The van der Waals surface area contributed by atoms with Crippen LogP contribution in [0.2, 0.25) is 0 Å². The summed E-state index contributed by atoms with van der Waals surface area (Å²) in [4.78, 5) is 4.67. The number of hydrogen-bond donors (Lipinski definition) is 2. The molecule has 0 spiro atoms. The molecular weight excluding hydrogens is 254 g/mol. The molecule has 1 rings (SSSR count). The molecule has 1 heterocycles. The Labute approximate surface area is 122 Å². The van der Waals surface area contributed by atoms with Crippen molar-refractivity contribution in [3.63, 3.8) is 0 Å². The number of unbranched alkanes of at least 4 members (excludes halogenated alkanes) is 3. The van der Waals surface area contributed by atoms with Gasteiger partial charge >= 0.3 is 0 Å². The molecule has 0 saturated heterocycles. The van der Waals surface area contributed by atoms with Crippen LogP contribution in [0, 0.1) is 5.92 Å². The molecule has 106 valence electrons. The largest absolute Gasteiger partial charge is 0.389 e. The Bertz CT molecular complexity index is 391. The molecule has 0 amide bonds. The molecule has 0 fully saturated rings. The van der Waals surface area contributed by atoms with E-state index in [9.17, 15) is 0 Å². The molecule has 0 radical (unpaired) electrons.